The van der Waals surface area contributed by atoms with E-state index in [1.807, 2.05) is 64.1 Å². The highest BCUT2D eigenvalue weighted by Crippen LogP contribution is 2.27. The average Bonchev–Trinajstić information content (AvgIpc) is 2.88. The highest BCUT2D eigenvalue weighted by molar-refractivity contribution is 6.05. The van der Waals surface area contributed by atoms with Crippen LogP contribution in [0.25, 0.3) is 27.9 Å². The number of carbonyl (C=O) groups is 2. The number of benzene rings is 2. The van der Waals surface area contributed by atoms with Gasteiger partial charge < -0.3 is 27.2 Å². The summed E-state index contributed by atoms with van der Waals surface area (Å²) in [6.07, 6.45) is 2.29. The van der Waals surface area contributed by atoms with Crippen LogP contribution in [0.1, 0.15) is 59.8 Å². The van der Waals surface area contributed by atoms with Gasteiger partial charge in [-0.05, 0) is 63.4 Å². The van der Waals surface area contributed by atoms with E-state index in [0.717, 1.165) is 21.9 Å². The van der Waals surface area contributed by atoms with Crippen LogP contribution in [0.15, 0.2) is 43.0 Å². The molecule has 11 heteroatoms. The summed E-state index contributed by atoms with van der Waals surface area (Å²) < 4.78 is 0. The molecule has 0 aliphatic rings. The minimum atomic E-state index is -0.609. The minimum absolute atomic E-state index is 0.0788. The van der Waals surface area contributed by atoms with Crippen molar-refractivity contribution >= 4 is 51.1 Å². The number of aliphatic hydroxyl groups excluding tert-OH is 1. The normalized spacial score (nSPS) is 10.8. The maximum Gasteiger partial charge on any atom is 0.271 e. The number of fused-ring (bicyclic) bond motifs is 2. The van der Waals surface area contributed by atoms with Crippen molar-refractivity contribution in [2.24, 2.45) is 11.5 Å². The van der Waals surface area contributed by atoms with Gasteiger partial charge in [-0.3, -0.25) is 9.59 Å². The summed E-state index contributed by atoms with van der Waals surface area (Å²) >= 11 is 0. The topological polar surface area (TPSA) is 182 Å². The van der Waals surface area contributed by atoms with Crippen molar-refractivity contribution in [1.82, 2.24) is 20.4 Å². The van der Waals surface area contributed by atoms with E-state index >= 15 is 0 Å². The molecule has 2 heterocycles. The first-order valence-electron chi connectivity index (χ1n) is 12.5. The van der Waals surface area contributed by atoms with E-state index in [4.69, 9.17) is 16.6 Å². The summed E-state index contributed by atoms with van der Waals surface area (Å²) in [5, 5.41) is 32.9. The van der Waals surface area contributed by atoms with Gasteiger partial charge >= 0.3 is 0 Å². The molecule has 204 valence electrons. The summed E-state index contributed by atoms with van der Waals surface area (Å²) in [7, 11) is 0. The first kappa shape index (κ1) is 28.9. The molecular weight excluding hydrogens is 496 g/mol. The molecule has 7 N–H and O–H groups in total. The Hall–Kier alpha value is -4.64. The molecule has 2 aromatic heterocycles. The van der Waals surface area contributed by atoms with E-state index in [0.29, 0.717) is 28.8 Å². The first-order chi connectivity index (χ1) is 18.5. The quantitative estimate of drug-likeness (QED) is 0.217. The smallest absolute Gasteiger partial charge is 0.271 e. The number of amides is 2. The molecule has 0 spiro atoms. The predicted molar refractivity (Wildman–Crippen MR) is 155 cm³/mol. The average molecular weight is 531 g/mol. The number of nitrogens with two attached hydrogens (primary N) is 2. The molecule has 2 aromatic carbocycles. The molecule has 0 radical (unpaired) electrons. The molecule has 4 rings (SSSR count). The van der Waals surface area contributed by atoms with Crippen molar-refractivity contribution in [3.63, 3.8) is 0 Å². The molecule has 0 aliphatic carbocycles. The number of nitrogens with one attached hydrogen (secondary N) is 2. The van der Waals surface area contributed by atoms with Gasteiger partial charge in [-0.15, -0.1) is 20.4 Å². The zero-order valence-corrected chi connectivity index (χ0v) is 22.5. The Balaban J connectivity index is 0.000000216. The van der Waals surface area contributed by atoms with Crippen molar-refractivity contribution in [3.05, 3.63) is 65.5 Å². The molecular formula is C28H34N8O3. The zero-order valence-electron chi connectivity index (χ0n) is 22.5. The fourth-order valence-corrected chi connectivity index (χ4v) is 3.90. The first-order valence-corrected chi connectivity index (χ1v) is 12.5. The summed E-state index contributed by atoms with van der Waals surface area (Å²) in [6.45, 7) is 11.7. The van der Waals surface area contributed by atoms with Crippen LogP contribution >= 0.6 is 0 Å². The van der Waals surface area contributed by atoms with Gasteiger partial charge in [-0.25, -0.2) is 0 Å². The van der Waals surface area contributed by atoms with Gasteiger partial charge in [-0.1, -0.05) is 30.9 Å². The summed E-state index contributed by atoms with van der Waals surface area (Å²) in [4.78, 5) is 22.9. The Bertz CT molecular complexity index is 1520. The Morgan fingerprint density at radius 1 is 0.846 bits per heavy atom. The monoisotopic (exact) mass is 530 g/mol. The lowest BCUT2D eigenvalue weighted by Crippen LogP contribution is -2.20. The predicted octanol–water partition coefficient (Wildman–Crippen LogP) is 3.28. The fraction of sp³-hybridized carbons (Fsp3) is 0.286. The second-order valence-electron chi connectivity index (χ2n) is 9.48. The number of aliphatic hydroxyl groups is 1. The number of hydrogen-bond donors (Lipinski definition) is 5. The van der Waals surface area contributed by atoms with Crippen LogP contribution in [-0.4, -0.2) is 56.0 Å². The lowest BCUT2D eigenvalue weighted by atomic mass is 10.1. The van der Waals surface area contributed by atoms with Crippen LogP contribution in [0, 0.1) is 0 Å². The Morgan fingerprint density at radius 2 is 1.33 bits per heavy atom. The lowest BCUT2D eigenvalue weighted by molar-refractivity contribution is 0.0987. The van der Waals surface area contributed by atoms with Crippen molar-refractivity contribution in [1.29, 1.82) is 0 Å². The molecule has 0 unspecified atom stereocenters. The number of rotatable bonds is 9. The van der Waals surface area contributed by atoms with E-state index in [1.165, 1.54) is 0 Å². The van der Waals surface area contributed by atoms with Gasteiger partial charge in [0.1, 0.15) is 0 Å². The van der Waals surface area contributed by atoms with Crippen LogP contribution in [-0.2, 0) is 6.42 Å². The minimum Gasteiger partial charge on any atom is -0.396 e. The third-order valence-corrected chi connectivity index (χ3v) is 5.58. The van der Waals surface area contributed by atoms with Crippen molar-refractivity contribution in [2.45, 2.75) is 46.2 Å². The largest absolute Gasteiger partial charge is 0.396 e. The van der Waals surface area contributed by atoms with E-state index in [-0.39, 0.29) is 30.1 Å². The van der Waals surface area contributed by atoms with Crippen molar-refractivity contribution in [2.75, 3.05) is 17.2 Å². The number of hydrogen-bond acceptors (Lipinski definition) is 9. The number of nitrogens with zero attached hydrogens (tertiary/aromatic N) is 4. The molecule has 0 atom stereocenters. The summed E-state index contributed by atoms with van der Waals surface area (Å²) in [5.74, 6) is -1.20. The van der Waals surface area contributed by atoms with Crippen LogP contribution in [0.2, 0.25) is 0 Å². The third kappa shape index (κ3) is 7.02. The van der Waals surface area contributed by atoms with Gasteiger partial charge in [-0.2, -0.15) is 0 Å². The molecule has 0 bridgehead atoms. The maximum absolute atomic E-state index is 11.5. The van der Waals surface area contributed by atoms with Gasteiger partial charge in [0.25, 0.3) is 11.8 Å². The third-order valence-electron chi connectivity index (χ3n) is 5.58. The van der Waals surface area contributed by atoms with E-state index in [9.17, 15) is 9.59 Å². The van der Waals surface area contributed by atoms with Gasteiger partial charge in [0, 0.05) is 29.5 Å². The van der Waals surface area contributed by atoms with Gasteiger partial charge in [0.2, 0.25) is 0 Å². The van der Waals surface area contributed by atoms with E-state index < -0.39 is 11.8 Å². The molecule has 4 aromatic rings. The van der Waals surface area contributed by atoms with E-state index in [1.54, 1.807) is 6.08 Å². The second-order valence-corrected chi connectivity index (χ2v) is 9.48. The Labute approximate surface area is 226 Å². The van der Waals surface area contributed by atoms with Crippen LogP contribution in [0.3, 0.4) is 0 Å². The SMILES string of the molecule is C=Cc1ccc2c(NC(C)C)c(C(N)=O)nnc2c1.CC(C)Nc1c(C(N)=O)nnc2cc(CCO)ccc12. The standard InChI is InChI=1S/C14H18N4O2.C14H16N4O/c1-8(2)16-12-10-4-3-9(5-6-19)7-11(10)17-18-13(12)14(15)20;1-4-9-5-6-10-11(7-9)17-18-13(14(15)19)12(10)16-8(2)3/h3-4,7-8,19H,5-6H2,1-2H3,(H2,15,20)(H,16,17);4-8H,1H2,2-3H3,(H2,15,19)(H,16,17). The van der Waals surface area contributed by atoms with Crippen molar-refractivity contribution < 1.29 is 14.7 Å². The van der Waals surface area contributed by atoms with Crippen LogP contribution in [0.5, 0.6) is 0 Å². The maximum atomic E-state index is 11.5. The zero-order chi connectivity index (χ0) is 28.7. The fourth-order valence-electron chi connectivity index (χ4n) is 3.90. The molecule has 0 saturated carbocycles. The summed E-state index contributed by atoms with van der Waals surface area (Å²) in [5.41, 5.74) is 15.5. The van der Waals surface area contributed by atoms with Crippen LogP contribution in [0.4, 0.5) is 11.4 Å². The number of aromatic nitrogens is 4. The highest BCUT2D eigenvalue weighted by Gasteiger charge is 2.17. The Morgan fingerprint density at radius 3 is 1.77 bits per heavy atom. The lowest BCUT2D eigenvalue weighted by Gasteiger charge is -2.15. The summed E-state index contributed by atoms with van der Waals surface area (Å²) in [6, 6.07) is 11.6. The van der Waals surface area contributed by atoms with Crippen molar-refractivity contribution in [3.8, 4) is 0 Å². The highest BCUT2D eigenvalue weighted by atomic mass is 16.3. The van der Waals surface area contributed by atoms with Gasteiger partial charge in [0.05, 0.1) is 22.4 Å². The molecule has 0 saturated heterocycles. The second kappa shape index (κ2) is 12.7. The van der Waals surface area contributed by atoms with E-state index in [2.05, 4.69) is 37.6 Å². The number of primary amides is 2. The molecule has 0 fully saturated rings. The molecule has 39 heavy (non-hydrogen) atoms. The Kier molecular flexibility index (Phi) is 9.45. The van der Waals surface area contributed by atoms with Gasteiger partial charge in [0.15, 0.2) is 11.4 Å². The van der Waals surface area contributed by atoms with Crippen LogP contribution < -0.4 is 22.1 Å². The molecule has 2 amide bonds. The number of carbonyl (C=O) groups excluding carboxylic acids is 2. The molecule has 11 nitrogen and oxygen atoms in total. The number of anilines is 2. The molecule has 0 aliphatic heterocycles.